The second kappa shape index (κ2) is 6.40. The highest BCUT2D eigenvalue weighted by Crippen LogP contribution is 2.15. The Morgan fingerprint density at radius 1 is 1.47 bits per heavy atom. The van der Waals surface area contributed by atoms with E-state index >= 15 is 0 Å². The van der Waals surface area contributed by atoms with E-state index in [1.54, 1.807) is 12.1 Å². The minimum atomic E-state index is -0.465. The molecule has 7 heteroatoms. The number of nitro benzene ring substituents is 1. The molecule has 0 aromatic heterocycles. The number of nitro groups is 1. The van der Waals surface area contributed by atoms with Crippen LogP contribution in [0.4, 0.5) is 11.4 Å². The SMILES string of the molecule is N#CCCNC(=S)Nc1ccc([N+](=O)[O-])cc1. The molecule has 6 nitrogen and oxygen atoms in total. The predicted octanol–water partition coefficient (Wildman–Crippen LogP) is 1.79. The smallest absolute Gasteiger partial charge is 0.269 e. The van der Waals surface area contributed by atoms with Crippen molar-refractivity contribution in [3.63, 3.8) is 0 Å². The molecule has 1 rings (SSSR count). The molecule has 0 bridgehead atoms. The van der Waals surface area contributed by atoms with Crippen molar-refractivity contribution in [3.8, 4) is 6.07 Å². The highest BCUT2D eigenvalue weighted by molar-refractivity contribution is 7.80. The molecule has 1 aromatic rings. The number of rotatable bonds is 4. The Morgan fingerprint density at radius 2 is 2.12 bits per heavy atom. The lowest BCUT2D eigenvalue weighted by molar-refractivity contribution is -0.384. The molecule has 0 radical (unpaired) electrons. The Labute approximate surface area is 103 Å². The molecule has 0 atom stereocenters. The molecule has 0 heterocycles. The fraction of sp³-hybridized carbons (Fsp3) is 0.200. The number of nitrogens with zero attached hydrogens (tertiary/aromatic N) is 2. The standard InChI is InChI=1S/C10H10N4O2S/c11-6-1-7-12-10(17)13-8-2-4-9(5-3-8)14(15)16/h2-5H,1,7H2,(H2,12,13,17). The van der Waals surface area contributed by atoms with Crippen molar-refractivity contribution in [2.75, 3.05) is 11.9 Å². The number of benzene rings is 1. The number of nitrogens with one attached hydrogen (secondary N) is 2. The van der Waals surface area contributed by atoms with E-state index in [1.807, 2.05) is 6.07 Å². The predicted molar refractivity (Wildman–Crippen MR) is 67.5 cm³/mol. The zero-order valence-electron chi connectivity index (χ0n) is 8.84. The Balaban J connectivity index is 2.49. The Bertz CT molecular complexity index is 452. The topological polar surface area (TPSA) is 91.0 Å². The number of non-ortho nitro benzene ring substituents is 1. The first-order valence-electron chi connectivity index (χ1n) is 4.79. The van der Waals surface area contributed by atoms with E-state index in [1.165, 1.54) is 12.1 Å². The summed E-state index contributed by atoms with van der Waals surface area (Å²) in [4.78, 5) is 9.96. The average molecular weight is 250 g/mol. The lowest BCUT2D eigenvalue weighted by atomic mass is 10.3. The largest absolute Gasteiger partial charge is 0.361 e. The zero-order valence-corrected chi connectivity index (χ0v) is 9.66. The molecule has 1 aromatic carbocycles. The van der Waals surface area contributed by atoms with Gasteiger partial charge in [0.25, 0.3) is 5.69 Å². The van der Waals surface area contributed by atoms with Crippen LogP contribution in [0.5, 0.6) is 0 Å². The van der Waals surface area contributed by atoms with Gasteiger partial charge < -0.3 is 10.6 Å². The van der Waals surface area contributed by atoms with Gasteiger partial charge in [-0.15, -0.1) is 0 Å². The maximum atomic E-state index is 10.4. The van der Waals surface area contributed by atoms with E-state index < -0.39 is 4.92 Å². The normalized spacial score (nSPS) is 9.12. The van der Waals surface area contributed by atoms with Gasteiger partial charge in [0, 0.05) is 24.4 Å². The van der Waals surface area contributed by atoms with Crippen molar-refractivity contribution in [1.29, 1.82) is 5.26 Å². The van der Waals surface area contributed by atoms with Crippen molar-refractivity contribution in [2.45, 2.75) is 6.42 Å². The van der Waals surface area contributed by atoms with Gasteiger partial charge in [0.15, 0.2) is 5.11 Å². The summed E-state index contributed by atoms with van der Waals surface area (Å²) >= 11 is 4.97. The quantitative estimate of drug-likeness (QED) is 0.366. The molecule has 88 valence electrons. The van der Waals surface area contributed by atoms with Gasteiger partial charge >= 0.3 is 0 Å². The van der Waals surface area contributed by atoms with Crippen LogP contribution >= 0.6 is 12.2 Å². The third-order valence-corrected chi connectivity index (χ3v) is 2.10. The number of anilines is 1. The molecule has 0 unspecified atom stereocenters. The molecule has 2 N–H and O–H groups in total. The molecule has 0 aliphatic carbocycles. The van der Waals surface area contributed by atoms with E-state index in [0.29, 0.717) is 23.8 Å². The maximum Gasteiger partial charge on any atom is 0.269 e. The average Bonchev–Trinajstić information content (AvgIpc) is 2.30. The number of thiocarbonyl (C=S) groups is 1. The summed E-state index contributed by atoms with van der Waals surface area (Å²) in [5, 5.41) is 24.8. The fourth-order valence-corrected chi connectivity index (χ4v) is 1.29. The van der Waals surface area contributed by atoms with Gasteiger partial charge in [-0.3, -0.25) is 10.1 Å². The summed E-state index contributed by atoms with van der Waals surface area (Å²) in [6, 6.07) is 7.89. The monoisotopic (exact) mass is 250 g/mol. The minimum Gasteiger partial charge on any atom is -0.361 e. The van der Waals surface area contributed by atoms with Crippen LogP contribution in [-0.2, 0) is 0 Å². The first-order valence-corrected chi connectivity index (χ1v) is 5.20. The van der Waals surface area contributed by atoms with Crippen LogP contribution in [-0.4, -0.2) is 16.6 Å². The van der Waals surface area contributed by atoms with E-state index in [4.69, 9.17) is 17.5 Å². The second-order valence-electron chi connectivity index (χ2n) is 3.09. The van der Waals surface area contributed by atoms with Crippen LogP contribution in [0.1, 0.15) is 6.42 Å². The summed E-state index contributed by atoms with van der Waals surface area (Å²) in [5.41, 5.74) is 0.684. The fourth-order valence-electron chi connectivity index (χ4n) is 1.07. The van der Waals surface area contributed by atoms with Crippen LogP contribution in [0.25, 0.3) is 0 Å². The first-order chi connectivity index (χ1) is 8.13. The number of nitriles is 1. The Morgan fingerprint density at radius 3 is 2.65 bits per heavy atom. The minimum absolute atomic E-state index is 0.0268. The van der Waals surface area contributed by atoms with Crippen molar-refractivity contribution in [1.82, 2.24) is 5.32 Å². The number of hydrogen-bond donors (Lipinski definition) is 2. The van der Waals surface area contributed by atoms with E-state index in [9.17, 15) is 10.1 Å². The zero-order chi connectivity index (χ0) is 12.7. The van der Waals surface area contributed by atoms with Crippen LogP contribution < -0.4 is 10.6 Å². The molecule has 0 amide bonds. The van der Waals surface area contributed by atoms with E-state index in [-0.39, 0.29) is 5.69 Å². The molecule has 0 saturated carbocycles. The van der Waals surface area contributed by atoms with E-state index in [0.717, 1.165) is 0 Å². The lowest BCUT2D eigenvalue weighted by Gasteiger charge is -2.08. The van der Waals surface area contributed by atoms with Gasteiger partial charge in [-0.1, -0.05) is 0 Å². The molecular weight excluding hydrogens is 240 g/mol. The van der Waals surface area contributed by atoms with E-state index in [2.05, 4.69) is 10.6 Å². The molecule has 0 aliphatic heterocycles. The lowest BCUT2D eigenvalue weighted by Crippen LogP contribution is -2.28. The highest BCUT2D eigenvalue weighted by atomic mass is 32.1. The molecule has 17 heavy (non-hydrogen) atoms. The summed E-state index contributed by atoms with van der Waals surface area (Å²) in [5.74, 6) is 0. The van der Waals surface area contributed by atoms with Gasteiger partial charge in [0.2, 0.25) is 0 Å². The summed E-state index contributed by atoms with van der Waals surface area (Å²) in [7, 11) is 0. The van der Waals surface area contributed by atoms with Crippen LogP contribution in [0, 0.1) is 21.4 Å². The number of hydrogen-bond acceptors (Lipinski definition) is 4. The van der Waals surface area contributed by atoms with Gasteiger partial charge in [-0.05, 0) is 24.4 Å². The first kappa shape index (κ1) is 12.9. The Kier molecular flexibility index (Phi) is 4.84. The van der Waals surface area contributed by atoms with Gasteiger partial charge in [0.05, 0.1) is 17.4 Å². The van der Waals surface area contributed by atoms with Crippen molar-refractivity contribution in [3.05, 3.63) is 34.4 Å². The van der Waals surface area contributed by atoms with Crippen molar-refractivity contribution < 1.29 is 4.92 Å². The van der Waals surface area contributed by atoms with Crippen LogP contribution in [0.3, 0.4) is 0 Å². The molecule has 0 aliphatic rings. The maximum absolute atomic E-state index is 10.4. The Hall–Kier alpha value is -2.20. The molecule has 0 fully saturated rings. The van der Waals surface area contributed by atoms with Gasteiger partial charge in [-0.25, -0.2) is 0 Å². The summed E-state index contributed by atoms with van der Waals surface area (Å²) in [6.07, 6.45) is 0.363. The summed E-state index contributed by atoms with van der Waals surface area (Å²) in [6.45, 7) is 0.468. The van der Waals surface area contributed by atoms with Gasteiger partial charge in [0.1, 0.15) is 0 Å². The molecule has 0 saturated heterocycles. The molecular formula is C10H10N4O2S. The van der Waals surface area contributed by atoms with Crippen molar-refractivity contribution >= 4 is 28.7 Å². The third kappa shape index (κ3) is 4.44. The van der Waals surface area contributed by atoms with Crippen LogP contribution in [0.15, 0.2) is 24.3 Å². The van der Waals surface area contributed by atoms with Crippen molar-refractivity contribution in [2.24, 2.45) is 0 Å². The molecule has 0 spiro atoms. The highest BCUT2D eigenvalue weighted by Gasteiger charge is 2.04. The van der Waals surface area contributed by atoms with Crippen LogP contribution in [0.2, 0.25) is 0 Å². The second-order valence-corrected chi connectivity index (χ2v) is 3.50. The third-order valence-electron chi connectivity index (χ3n) is 1.86. The van der Waals surface area contributed by atoms with Gasteiger partial charge in [-0.2, -0.15) is 5.26 Å². The summed E-state index contributed by atoms with van der Waals surface area (Å²) < 4.78 is 0.